The molecule has 0 saturated heterocycles. The minimum absolute atomic E-state index is 0.0167. The number of hydrogen-bond acceptors (Lipinski definition) is 5. The highest BCUT2D eigenvalue weighted by Crippen LogP contribution is 2.27. The Morgan fingerprint density at radius 1 is 1.04 bits per heavy atom. The largest absolute Gasteiger partial charge is 0.480 e. The lowest BCUT2D eigenvalue weighted by Crippen LogP contribution is -2.24. The molecule has 0 saturated carbocycles. The molecule has 1 N–H and O–H groups in total. The van der Waals surface area contributed by atoms with Crippen molar-refractivity contribution in [2.24, 2.45) is 0 Å². The lowest BCUT2D eigenvalue weighted by Gasteiger charge is -2.12. The Morgan fingerprint density at radius 2 is 1.78 bits per heavy atom. The number of hydrogen-bond donors (Lipinski definition) is 1. The third-order valence-electron chi connectivity index (χ3n) is 2.98. The molecule has 144 valence electrons. The Bertz CT molecular complexity index is 820. The number of halogens is 4. The number of amides is 1. The highest BCUT2D eigenvalue weighted by atomic mass is 35.5. The summed E-state index contributed by atoms with van der Waals surface area (Å²) in [6.07, 6.45) is 0. The summed E-state index contributed by atoms with van der Waals surface area (Å²) < 4.78 is 38.9. The van der Waals surface area contributed by atoms with Gasteiger partial charge >= 0.3 is 12.6 Å². The van der Waals surface area contributed by atoms with Crippen LogP contribution in [0.5, 0.6) is 11.5 Å². The molecule has 2 aromatic carbocycles. The number of rotatable bonds is 8. The third-order valence-corrected chi connectivity index (χ3v) is 3.51. The van der Waals surface area contributed by atoms with Crippen LogP contribution >= 0.6 is 23.2 Å². The van der Waals surface area contributed by atoms with Crippen molar-refractivity contribution in [1.29, 1.82) is 0 Å². The van der Waals surface area contributed by atoms with Crippen molar-refractivity contribution in [3.63, 3.8) is 0 Å². The van der Waals surface area contributed by atoms with Gasteiger partial charge in [-0.15, -0.1) is 0 Å². The quantitative estimate of drug-likeness (QED) is 0.650. The van der Waals surface area contributed by atoms with E-state index in [9.17, 15) is 18.4 Å². The van der Waals surface area contributed by atoms with Crippen LogP contribution in [-0.2, 0) is 14.3 Å². The molecule has 2 rings (SSSR count). The van der Waals surface area contributed by atoms with Gasteiger partial charge in [0.2, 0.25) is 0 Å². The number of alkyl halides is 2. The molecule has 0 fully saturated rings. The molecule has 0 aliphatic rings. The number of carbonyl (C=O) groups excluding carboxylic acids is 2. The number of benzene rings is 2. The monoisotopic (exact) mass is 419 g/mol. The zero-order valence-electron chi connectivity index (χ0n) is 13.6. The first kappa shape index (κ1) is 20.7. The number of nitrogens with one attached hydrogen (secondary N) is 1. The molecular weight excluding hydrogens is 407 g/mol. The molecule has 27 heavy (non-hydrogen) atoms. The van der Waals surface area contributed by atoms with Crippen LogP contribution in [0.3, 0.4) is 0 Å². The van der Waals surface area contributed by atoms with Gasteiger partial charge in [0, 0.05) is 5.02 Å². The molecule has 6 nitrogen and oxygen atoms in total. The van der Waals surface area contributed by atoms with Crippen molar-refractivity contribution in [3.8, 4) is 11.5 Å². The minimum atomic E-state index is -3.04. The van der Waals surface area contributed by atoms with Gasteiger partial charge in [-0.1, -0.05) is 35.3 Å². The summed E-state index contributed by atoms with van der Waals surface area (Å²) in [5.74, 6) is -1.56. The summed E-state index contributed by atoms with van der Waals surface area (Å²) in [6.45, 7) is -4.17. The van der Waals surface area contributed by atoms with E-state index in [0.29, 0.717) is 5.02 Å². The van der Waals surface area contributed by atoms with Gasteiger partial charge in [-0.2, -0.15) is 8.78 Å². The molecule has 0 atom stereocenters. The Kier molecular flexibility index (Phi) is 7.63. The van der Waals surface area contributed by atoms with Gasteiger partial charge in [0.25, 0.3) is 5.91 Å². The fourth-order valence-corrected chi connectivity index (χ4v) is 2.33. The summed E-state index contributed by atoms with van der Waals surface area (Å²) in [6, 6.07) is 10.1. The van der Waals surface area contributed by atoms with Crippen molar-refractivity contribution in [2.45, 2.75) is 6.61 Å². The van der Waals surface area contributed by atoms with Gasteiger partial charge < -0.3 is 19.5 Å². The summed E-state index contributed by atoms with van der Waals surface area (Å²) in [5, 5.41) is 2.93. The highest BCUT2D eigenvalue weighted by Gasteiger charge is 2.14. The van der Waals surface area contributed by atoms with Gasteiger partial charge in [-0.05, 0) is 30.3 Å². The molecule has 0 bridgehead atoms. The first-order valence-electron chi connectivity index (χ1n) is 7.42. The van der Waals surface area contributed by atoms with Crippen LogP contribution in [0.1, 0.15) is 0 Å². The van der Waals surface area contributed by atoms with Crippen LogP contribution in [0.4, 0.5) is 14.5 Å². The van der Waals surface area contributed by atoms with Crippen molar-refractivity contribution in [1.82, 2.24) is 0 Å². The maximum Gasteiger partial charge on any atom is 0.387 e. The molecule has 0 heterocycles. The number of para-hydroxylation sites is 2. The molecule has 0 aromatic heterocycles. The predicted molar refractivity (Wildman–Crippen MR) is 94.6 cm³/mol. The molecule has 0 unspecified atom stereocenters. The van der Waals surface area contributed by atoms with E-state index in [4.69, 9.17) is 32.7 Å². The fraction of sp³-hybridized carbons (Fsp3) is 0.176. The molecule has 1 amide bonds. The number of anilines is 1. The average Bonchev–Trinajstić information content (AvgIpc) is 2.60. The lowest BCUT2D eigenvalue weighted by atomic mass is 10.3. The van der Waals surface area contributed by atoms with Crippen LogP contribution in [0.2, 0.25) is 10.0 Å². The van der Waals surface area contributed by atoms with Gasteiger partial charge in [0.1, 0.15) is 11.5 Å². The molecule has 0 spiro atoms. The van der Waals surface area contributed by atoms with E-state index in [1.807, 2.05) is 0 Å². The summed E-state index contributed by atoms with van der Waals surface area (Å²) in [4.78, 5) is 23.5. The summed E-state index contributed by atoms with van der Waals surface area (Å²) in [5.41, 5.74) is 0.0167. The van der Waals surface area contributed by atoms with E-state index < -0.39 is 31.7 Å². The van der Waals surface area contributed by atoms with Gasteiger partial charge in [-0.25, -0.2) is 4.79 Å². The maximum atomic E-state index is 12.3. The normalized spacial score (nSPS) is 10.4. The van der Waals surface area contributed by atoms with Gasteiger partial charge in [-0.3, -0.25) is 4.79 Å². The lowest BCUT2D eigenvalue weighted by molar-refractivity contribution is -0.149. The third kappa shape index (κ3) is 6.92. The second kappa shape index (κ2) is 9.94. The van der Waals surface area contributed by atoms with Crippen molar-refractivity contribution in [2.75, 3.05) is 18.5 Å². The average molecular weight is 420 g/mol. The molecular formula is C17H13Cl2F2NO5. The number of ether oxygens (including phenoxy) is 3. The van der Waals surface area contributed by atoms with Crippen LogP contribution < -0.4 is 14.8 Å². The van der Waals surface area contributed by atoms with E-state index in [1.165, 1.54) is 42.5 Å². The number of esters is 1. The maximum absolute atomic E-state index is 12.3. The van der Waals surface area contributed by atoms with Crippen LogP contribution in [0.15, 0.2) is 42.5 Å². The zero-order valence-corrected chi connectivity index (χ0v) is 15.1. The Morgan fingerprint density at radius 3 is 2.48 bits per heavy atom. The highest BCUT2D eigenvalue weighted by molar-refractivity contribution is 6.35. The van der Waals surface area contributed by atoms with Crippen molar-refractivity contribution < 1.29 is 32.6 Å². The van der Waals surface area contributed by atoms with Crippen LogP contribution in [-0.4, -0.2) is 31.7 Å². The van der Waals surface area contributed by atoms with E-state index in [-0.39, 0.29) is 22.2 Å². The smallest absolute Gasteiger partial charge is 0.387 e. The zero-order chi connectivity index (χ0) is 19.8. The van der Waals surface area contributed by atoms with Gasteiger partial charge in [0.05, 0.1) is 10.7 Å². The molecule has 0 radical (unpaired) electrons. The second-order valence-electron chi connectivity index (χ2n) is 4.95. The van der Waals surface area contributed by atoms with E-state index >= 15 is 0 Å². The summed E-state index contributed by atoms with van der Waals surface area (Å²) in [7, 11) is 0. The first-order valence-corrected chi connectivity index (χ1v) is 8.18. The first-order chi connectivity index (χ1) is 12.8. The molecule has 10 heteroatoms. The standard InChI is InChI=1S/C17H13Cl2F2NO5/c18-10-5-6-13(11(19)7-10)25-9-16(24)26-8-15(23)22-12-3-1-2-4-14(12)27-17(20)21/h1-7,17H,8-9H2,(H,22,23). The fourth-order valence-electron chi connectivity index (χ4n) is 1.87. The SMILES string of the molecule is O=C(COC(=O)COc1ccc(Cl)cc1Cl)Nc1ccccc1OC(F)F. The molecule has 0 aliphatic carbocycles. The van der Waals surface area contributed by atoms with Crippen molar-refractivity contribution in [3.05, 3.63) is 52.5 Å². The predicted octanol–water partition coefficient (Wildman–Crippen LogP) is 4.16. The minimum Gasteiger partial charge on any atom is -0.480 e. The topological polar surface area (TPSA) is 73.9 Å². The Labute approximate surface area is 162 Å². The Balaban J connectivity index is 1.81. The van der Waals surface area contributed by atoms with Crippen LogP contribution in [0, 0.1) is 0 Å². The van der Waals surface area contributed by atoms with E-state index in [2.05, 4.69) is 10.1 Å². The van der Waals surface area contributed by atoms with Crippen LogP contribution in [0.25, 0.3) is 0 Å². The van der Waals surface area contributed by atoms with Crippen molar-refractivity contribution >= 4 is 40.8 Å². The van der Waals surface area contributed by atoms with E-state index in [0.717, 1.165) is 0 Å². The summed E-state index contributed by atoms with van der Waals surface area (Å²) >= 11 is 11.6. The number of carbonyl (C=O) groups is 2. The Hall–Kier alpha value is -2.58. The van der Waals surface area contributed by atoms with Gasteiger partial charge in [0.15, 0.2) is 13.2 Å². The second-order valence-corrected chi connectivity index (χ2v) is 5.79. The van der Waals surface area contributed by atoms with E-state index in [1.54, 1.807) is 0 Å². The molecule has 0 aliphatic heterocycles. The molecule has 2 aromatic rings.